The van der Waals surface area contributed by atoms with E-state index in [1.165, 1.54) is 29.3 Å². The molecule has 1 atom stereocenters. The summed E-state index contributed by atoms with van der Waals surface area (Å²) >= 11 is 0. The number of halogens is 2. The minimum absolute atomic E-state index is 0.0723. The molecule has 1 aromatic carbocycles. The lowest BCUT2D eigenvalue weighted by atomic mass is 10.1. The smallest absolute Gasteiger partial charge is 0.410 e. The minimum Gasteiger partial charge on any atom is -0.444 e. The van der Waals surface area contributed by atoms with E-state index in [9.17, 15) is 23.7 Å². The van der Waals surface area contributed by atoms with Crippen LogP contribution in [0.1, 0.15) is 12.5 Å². The SMILES string of the molecule is C[C@@H]1CN(Cc2cnc(-c3cccc(F)c3F)c([N+](=O)[O-])c2)C(=O)O1. The summed E-state index contributed by atoms with van der Waals surface area (Å²) in [4.78, 5) is 27.6. The molecule has 0 saturated carbocycles. The van der Waals surface area contributed by atoms with Gasteiger partial charge in [0.05, 0.1) is 18.0 Å². The van der Waals surface area contributed by atoms with Crippen molar-refractivity contribution in [1.29, 1.82) is 0 Å². The van der Waals surface area contributed by atoms with E-state index < -0.39 is 28.3 Å². The van der Waals surface area contributed by atoms with Crippen molar-refractivity contribution in [3.8, 4) is 11.3 Å². The molecule has 0 radical (unpaired) electrons. The lowest BCUT2D eigenvalue weighted by molar-refractivity contribution is -0.384. The van der Waals surface area contributed by atoms with Crippen molar-refractivity contribution < 1.29 is 23.2 Å². The Balaban J connectivity index is 1.98. The number of nitrogens with zero attached hydrogens (tertiary/aromatic N) is 3. The molecular weight excluding hydrogens is 336 g/mol. The van der Waals surface area contributed by atoms with E-state index in [1.54, 1.807) is 6.92 Å². The number of hydrogen-bond acceptors (Lipinski definition) is 5. The first-order chi connectivity index (χ1) is 11.9. The third kappa shape index (κ3) is 3.25. The molecule has 1 amide bonds. The van der Waals surface area contributed by atoms with Crippen LogP contribution in [0.4, 0.5) is 19.3 Å². The maximum Gasteiger partial charge on any atom is 0.410 e. The highest BCUT2D eigenvalue weighted by Gasteiger charge is 2.29. The number of ether oxygens (including phenoxy) is 1. The topological polar surface area (TPSA) is 85.6 Å². The fourth-order valence-corrected chi connectivity index (χ4v) is 2.63. The van der Waals surface area contributed by atoms with E-state index in [2.05, 4.69) is 4.98 Å². The van der Waals surface area contributed by atoms with Gasteiger partial charge in [0, 0.05) is 17.8 Å². The summed E-state index contributed by atoms with van der Waals surface area (Å²) in [6.07, 6.45) is 0.509. The molecule has 1 saturated heterocycles. The van der Waals surface area contributed by atoms with Crippen LogP contribution in [0.3, 0.4) is 0 Å². The zero-order valence-electron chi connectivity index (χ0n) is 13.1. The maximum absolute atomic E-state index is 13.9. The van der Waals surface area contributed by atoms with Crippen LogP contribution in [0.5, 0.6) is 0 Å². The molecule has 0 unspecified atom stereocenters. The van der Waals surface area contributed by atoms with Gasteiger partial charge in [0.25, 0.3) is 5.69 Å². The Hall–Kier alpha value is -3.10. The van der Waals surface area contributed by atoms with Crippen LogP contribution in [0.2, 0.25) is 0 Å². The summed E-state index contributed by atoms with van der Waals surface area (Å²) in [5, 5.41) is 11.3. The second-order valence-corrected chi connectivity index (χ2v) is 5.64. The summed E-state index contributed by atoms with van der Waals surface area (Å²) in [5.74, 6) is -2.32. The molecule has 0 aliphatic carbocycles. The Morgan fingerprint density at radius 1 is 1.44 bits per heavy atom. The third-order valence-electron chi connectivity index (χ3n) is 3.74. The Morgan fingerprint density at radius 3 is 2.84 bits per heavy atom. The third-order valence-corrected chi connectivity index (χ3v) is 3.74. The minimum atomic E-state index is -1.21. The number of amides is 1. The largest absolute Gasteiger partial charge is 0.444 e. The van der Waals surface area contributed by atoms with Crippen LogP contribution >= 0.6 is 0 Å². The highest BCUT2D eigenvalue weighted by atomic mass is 19.2. The molecule has 25 heavy (non-hydrogen) atoms. The first-order valence-electron chi connectivity index (χ1n) is 7.40. The van der Waals surface area contributed by atoms with Gasteiger partial charge in [0.1, 0.15) is 6.10 Å². The number of carbonyl (C=O) groups is 1. The van der Waals surface area contributed by atoms with Crippen LogP contribution in [-0.2, 0) is 11.3 Å². The molecule has 0 bridgehead atoms. The van der Waals surface area contributed by atoms with E-state index >= 15 is 0 Å². The molecule has 130 valence electrons. The number of carbonyl (C=O) groups excluding carboxylic acids is 1. The number of benzene rings is 1. The molecular formula is C16H13F2N3O4. The highest BCUT2D eigenvalue weighted by Crippen LogP contribution is 2.31. The molecule has 1 aliphatic heterocycles. The summed E-state index contributed by atoms with van der Waals surface area (Å²) in [6, 6.07) is 4.57. The zero-order chi connectivity index (χ0) is 18.1. The van der Waals surface area contributed by atoms with Crippen molar-refractivity contribution in [3.05, 3.63) is 57.8 Å². The van der Waals surface area contributed by atoms with Crippen LogP contribution in [-0.4, -0.2) is 33.5 Å². The second kappa shape index (κ2) is 6.42. The molecule has 0 N–H and O–H groups in total. The Morgan fingerprint density at radius 2 is 2.20 bits per heavy atom. The lowest BCUT2D eigenvalue weighted by Gasteiger charge is -2.13. The van der Waals surface area contributed by atoms with E-state index in [0.29, 0.717) is 12.1 Å². The Bertz CT molecular complexity index is 859. The molecule has 9 heteroatoms. The maximum atomic E-state index is 13.9. The standard InChI is InChI=1S/C16H13F2N3O4/c1-9-7-20(16(22)25-9)8-10-5-13(21(23)24)15(19-6-10)11-3-2-4-12(17)14(11)18/h2-6,9H,7-8H2,1H3/t9-/m1/s1. The fourth-order valence-electron chi connectivity index (χ4n) is 2.63. The van der Waals surface area contributed by atoms with Crippen molar-refractivity contribution in [2.45, 2.75) is 19.6 Å². The van der Waals surface area contributed by atoms with Crippen molar-refractivity contribution >= 4 is 11.8 Å². The van der Waals surface area contributed by atoms with Gasteiger partial charge in [-0.05, 0) is 24.6 Å². The zero-order valence-corrected chi connectivity index (χ0v) is 13.1. The van der Waals surface area contributed by atoms with Crippen LogP contribution < -0.4 is 0 Å². The number of rotatable bonds is 4. The van der Waals surface area contributed by atoms with Crippen molar-refractivity contribution in [2.24, 2.45) is 0 Å². The molecule has 2 heterocycles. The van der Waals surface area contributed by atoms with Gasteiger partial charge in [-0.15, -0.1) is 0 Å². The van der Waals surface area contributed by atoms with Gasteiger partial charge in [-0.3, -0.25) is 10.1 Å². The van der Waals surface area contributed by atoms with E-state index in [-0.39, 0.29) is 23.9 Å². The quantitative estimate of drug-likeness (QED) is 0.625. The van der Waals surface area contributed by atoms with E-state index in [0.717, 1.165) is 6.07 Å². The molecule has 1 aliphatic rings. The van der Waals surface area contributed by atoms with E-state index in [4.69, 9.17) is 4.74 Å². The van der Waals surface area contributed by atoms with Crippen LogP contribution in [0, 0.1) is 21.7 Å². The van der Waals surface area contributed by atoms with Crippen LogP contribution in [0.25, 0.3) is 11.3 Å². The Kier molecular flexibility index (Phi) is 4.30. The summed E-state index contributed by atoms with van der Waals surface area (Å²) < 4.78 is 32.3. The first kappa shape index (κ1) is 16.7. The number of hydrogen-bond donors (Lipinski definition) is 0. The number of pyridine rings is 1. The average Bonchev–Trinajstić information content (AvgIpc) is 2.87. The van der Waals surface area contributed by atoms with Crippen LogP contribution in [0.15, 0.2) is 30.5 Å². The van der Waals surface area contributed by atoms with Crippen molar-refractivity contribution in [1.82, 2.24) is 9.88 Å². The van der Waals surface area contributed by atoms with Gasteiger partial charge in [-0.25, -0.2) is 18.6 Å². The fraction of sp³-hybridized carbons (Fsp3) is 0.250. The normalized spacial score (nSPS) is 16.8. The average molecular weight is 349 g/mol. The molecule has 2 aromatic rings. The molecule has 1 fully saturated rings. The molecule has 7 nitrogen and oxygen atoms in total. The van der Waals surface area contributed by atoms with Gasteiger partial charge in [-0.2, -0.15) is 0 Å². The van der Waals surface area contributed by atoms with E-state index in [1.807, 2.05) is 0 Å². The Labute approximate surface area is 141 Å². The second-order valence-electron chi connectivity index (χ2n) is 5.64. The first-order valence-corrected chi connectivity index (χ1v) is 7.40. The van der Waals surface area contributed by atoms with Gasteiger partial charge in [0.15, 0.2) is 17.3 Å². The predicted molar refractivity (Wildman–Crippen MR) is 82.6 cm³/mol. The van der Waals surface area contributed by atoms with Gasteiger partial charge in [-0.1, -0.05) is 6.07 Å². The van der Waals surface area contributed by atoms with Gasteiger partial charge in [0.2, 0.25) is 0 Å². The van der Waals surface area contributed by atoms with Gasteiger partial charge < -0.3 is 9.64 Å². The lowest BCUT2D eigenvalue weighted by Crippen LogP contribution is -2.24. The van der Waals surface area contributed by atoms with Crippen molar-refractivity contribution in [3.63, 3.8) is 0 Å². The summed E-state index contributed by atoms with van der Waals surface area (Å²) in [7, 11) is 0. The monoisotopic (exact) mass is 349 g/mol. The summed E-state index contributed by atoms with van der Waals surface area (Å²) in [5.41, 5.74) is -0.656. The van der Waals surface area contributed by atoms with Crippen molar-refractivity contribution in [2.75, 3.05) is 6.54 Å². The molecule has 0 spiro atoms. The molecule has 1 aromatic heterocycles. The summed E-state index contributed by atoms with van der Waals surface area (Å²) in [6.45, 7) is 2.16. The molecule has 3 rings (SSSR count). The number of nitro groups is 1. The highest BCUT2D eigenvalue weighted by molar-refractivity contribution is 5.71. The number of aromatic nitrogens is 1. The predicted octanol–water partition coefficient (Wildman–Crippen LogP) is 3.28. The number of cyclic esters (lactones) is 1. The van der Waals surface area contributed by atoms with Gasteiger partial charge >= 0.3 is 6.09 Å².